The number of carboxylic acid groups (broad SMARTS) is 1. The van der Waals surface area contributed by atoms with Crippen LogP contribution < -0.4 is 34.7 Å². The molecule has 1 heterocycles. The minimum absolute atomic E-state index is 0. The van der Waals surface area contributed by atoms with E-state index in [2.05, 4.69) is 13.8 Å². The smallest absolute Gasteiger partial charge is 0.545 e. The fourth-order valence-corrected chi connectivity index (χ4v) is 4.83. The quantitative estimate of drug-likeness (QED) is 0.307. The molecule has 30 heavy (non-hydrogen) atoms. The van der Waals surface area contributed by atoms with Gasteiger partial charge >= 0.3 is 35.5 Å². The third kappa shape index (κ3) is 5.91. The molecule has 0 saturated heterocycles. The predicted molar refractivity (Wildman–Crippen MR) is 112 cm³/mol. The second-order valence-corrected chi connectivity index (χ2v) is 9.04. The average Bonchev–Trinajstić information content (AvgIpc) is 2.68. The largest absolute Gasteiger partial charge is 1.00 e. The molecule has 6 heteroatoms. The molecule has 4 nitrogen and oxygen atoms in total. The van der Waals surface area contributed by atoms with Crippen LogP contribution >= 0.6 is 11.8 Å². The molecule has 2 aromatic rings. The van der Waals surface area contributed by atoms with Gasteiger partial charge in [-0.3, -0.25) is 0 Å². The first-order valence-corrected chi connectivity index (χ1v) is 11.0. The van der Waals surface area contributed by atoms with Crippen LogP contribution in [0.2, 0.25) is 0 Å². The number of aromatic carboxylic acids is 1. The SMILES string of the molecule is Cc1c(C(=O)OCCCCCC(C)C)cc2c(c1C(=O)[O-])Cc1ccccc1S2.[Na+]. The van der Waals surface area contributed by atoms with Crippen molar-refractivity contribution in [1.82, 2.24) is 0 Å². The van der Waals surface area contributed by atoms with Gasteiger partial charge in [-0.15, -0.1) is 0 Å². The number of carbonyl (C=O) groups excluding carboxylic acids is 2. The van der Waals surface area contributed by atoms with Crippen molar-refractivity contribution in [3.05, 3.63) is 58.1 Å². The van der Waals surface area contributed by atoms with Crippen molar-refractivity contribution in [3.63, 3.8) is 0 Å². The van der Waals surface area contributed by atoms with Gasteiger partial charge in [0, 0.05) is 21.8 Å². The molecule has 0 atom stereocenters. The van der Waals surface area contributed by atoms with E-state index in [4.69, 9.17) is 4.74 Å². The van der Waals surface area contributed by atoms with E-state index < -0.39 is 11.9 Å². The number of ether oxygens (including phenoxy) is 1. The van der Waals surface area contributed by atoms with Crippen LogP contribution in [-0.4, -0.2) is 18.5 Å². The zero-order valence-electron chi connectivity index (χ0n) is 18.2. The Hall–Kier alpha value is -1.27. The number of unbranched alkanes of at least 4 members (excludes halogenated alkanes) is 2. The molecule has 0 N–H and O–H groups in total. The third-order valence-corrected chi connectivity index (χ3v) is 6.50. The van der Waals surface area contributed by atoms with Gasteiger partial charge < -0.3 is 14.6 Å². The number of hydrogen-bond acceptors (Lipinski definition) is 5. The summed E-state index contributed by atoms with van der Waals surface area (Å²) in [4.78, 5) is 26.4. The Labute approximate surface area is 205 Å². The van der Waals surface area contributed by atoms with Gasteiger partial charge in [0.15, 0.2) is 0 Å². The summed E-state index contributed by atoms with van der Waals surface area (Å²) >= 11 is 1.49. The number of rotatable bonds is 8. The van der Waals surface area contributed by atoms with Crippen molar-refractivity contribution in [2.45, 2.75) is 62.7 Å². The maximum atomic E-state index is 12.7. The van der Waals surface area contributed by atoms with Gasteiger partial charge in [-0.2, -0.15) is 0 Å². The molecular formula is C24H27NaO4S. The first-order valence-electron chi connectivity index (χ1n) is 10.2. The Bertz CT molecular complexity index is 924. The molecule has 0 radical (unpaired) electrons. The van der Waals surface area contributed by atoms with Crippen molar-refractivity contribution >= 4 is 23.7 Å². The van der Waals surface area contributed by atoms with Crippen LogP contribution in [0.25, 0.3) is 0 Å². The second-order valence-electron chi connectivity index (χ2n) is 7.95. The summed E-state index contributed by atoms with van der Waals surface area (Å²) in [7, 11) is 0. The van der Waals surface area contributed by atoms with E-state index in [0.29, 0.717) is 30.1 Å². The molecule has 0 fully saturated rings. The Kier molecular flexibility index (Phi) is 9.48. The maximum Gasteiger partial charge on any atom is 1.00 e. The summed E-state index contributed by atoms with van der Waals surface area (Å²) in [5.41, 5.74) is 2.67. The summed E-state index contributed by atoms with van der Waals surface area (Å²) in [6.07, 6.45) is 4.65. The van der Waals surface area contributed by atoms with Crippen LogP contribution in [0, 0.1) is 12.8 Å². The Balaban J connectivity index is 0.00000320. The third-order valence-electron chi connectivity index (χ3n) is 5.30. The minimum atomic E-state index is -1.25. The van der Waals surface area contributed by atoms with Crippen LogP contribution in [0.5, 0.6) is 0 Å². The summed E-state index contributed by atoms with van der Waals surface area (Å²) in [6, 6.07) is 9.69. The van der Waals surface area contributed by atoms with Crippen molar-refractivity contribution in [3.8, 4) is 0 Å². The molecular weight excluding hydrogens is 407 g/mol. The van der Waals surface area contributed by atoms with Gasteiger partial charge in [0.25, 0.3) is 0 Å². The van der Waals surface area contributed by atoms with Gasteiger partial charge in [0.05, 0.1) is 18.1 Å². The molecule has 0 spiro atoms. The first kappa shape index (κ1) is 25.0. The molecule has 0 aromatic heterocycles. The molecule has 154 valence electrons. The molecule has 3 rings (SSSR count). The van der Waals surface area contributed by atoms with Gasteiger partial charge in [-0.05, 0) is 48.1 Å². The molecule has 0 amide bonds. The van der Waals surface area contributed by atoms with Crippen molar-refractivity contribution in [1.29, 1.82) is 0 Å². The van der Waals surface area contributed by atoms with Gasteiger partial charge in [-0.1, -0.05) is 63.1 Å². The number of hydrogen-bond donors (Lipinski definition) is 0. The zero-order chi connectivity index (χ0) is 21.0. The van der Waals surface area contributed by atoms with E-state index >= 15 is 0 Å². The van der Waals surface area contributed by atoms with Crippen LogP contribution in [0.3, 0.4) is 0 Å². The van der Waals surface area contributed by atoms with Gasteiger partial charge in [0.1, 0.15) is 0 Å². The second kappa shape index (κ2) is 11.4. The fraction of sp³-hybridized carbons (Fsp3) is 0.417. The summed E-state index contributed by atoms with van der Waals surface area (Å²) in [6.45, 7) is 6.41. The van der Waals surface area contributed by atoms with Crippen molar-refractivity contribution in [2.24, 2.45) is 5.92 Å². The fourth-order valence-electron chi connectivity index (χ4n) is 3.70. The van der Waals surface area contributed by atoms with Gasteiger partial charge in [0.2, 0.25) is 0 Å². The minimum Gasteiger partial charge on any atom is -0.545 e. The number of benzene rings is 2. The Morgan fingerprint density at radius 2 is 1.87 bits per heavy atom. The predicted octanol–water partition coefficient (Wildman–Crippen LogP) is 1.79. The molecule has 1 aliphatic rings. The maximum absolute atomic E-state index is 12.7. The van der Waals surface area contributed by atoms with E-state index in [1.807, 2.05) is 24.3 Å². The van der Waals surface area contributed by atoms with E-state index in [-0.39, 0.29) is 35.1 Å². The van der Waals surface area contributed by atoms with E-state index in [1.165, 1.54) is 18.2 Å². The van der Waals surface area contributed by atoms with E-state index in [0.717, 1.165) is 40.2 Å². The normalized spacial score (nSPS) is 12.0. The first-order chi connectivity index (χ1) is 13.9. The topological polar surface area (TPSA) is 66.4 Å². The van der Waals surface area contributed by atoms with Crippen LogP contribution in [0.15, 0.2) is 40.1 Å². The molecule has 2 aromatic carbocycles. The number of carbonyl (C=O) groups is 2. The number of esters is 1. The standard InChI is InChI=1S/C24H28O4S.Na/c1-15(2)9-5-4-8-12-28-24(27)18-14-21-19(22(16(18)3)23(25)26)13-17-10-6-7-11-20(17)29-21;/h6-7,10-11,14-15H,4-5,8-9,12-13H2,1-3H3,(H,25,26);/q;+1/p-1. The van der Waals surface area contributed by atoms with E-state index in [9.17, 15) is 14.7 Å². The van der Waals surface area contributed by atoms with Crippen LogP contribution in [0.1, 0.15) is 76.9 Å². The molecule has 1 aliphatic heterocycles. The molecule has 0 saturated carbocycles. The Morgan fingerprint density at radius 3 is 2.57 bits per heavy atom. The summed E-state index contributed by atoms with van der Waals surface area (Å²) < 4.78 is 5.45. The van der Waals surface area contributed by atoms with Crippen LogP contribution in [0.4, 0.5) is 0 Å². The monoisotopic (exact) mass is 434 g/mol. The molecule has 0 bridgehead atoms. The summed E-state index contributed by atoms with van der Waals surface area (Å²) in [5.74, 6) is -1.03. The van der Waals surface area contributed by atoms with Crippen molar-refractivity contribution in [2.75, 3.05) is 6.61 Å². The Morgan fingerprint density at radius 1 is 1.13 bits per heavy atom. The van der Waals surface area contributed by atoms with E-state index in [1.54, 1.807) is 13.0 Å². The summed E-state index contributed by atoms with van der Waals surface area (Å²) in [5, 5.41) is 11.9. The average molecular weight is 435 g/mol. The number of carboxylic acids is 1. The van der Waals surface area contributed by atoms with Crippen LogP contribution in [-0.2, 0) is 11.2 Å². The van der Waals surface area contributed by atoms with Gasteiger partial charge in [-0.25, -0.2) is 4.79 Å². The number of fused-ring (bicyclic) bond motifs is 2. The van der Waals surface area contributed by atoms with Crippen molar-refractivity contribution < 1.29 is 49.0 Å². The molecule has 0 aliphatic carbocycles. The zero-order valence-corrected chi connectivity index (χ0v) is 21.1. The molecule has 0 unspecified atom stereocenters.